The average molecular weight is 335 g/mol. The summed E-state index contributed by atoms with van der Waals surface area (Å²) >= 11 is 0. The Morgan fingerprint density at radius 3 is 2.68 bits per heavy atom. The summed E-state index contributed by atoms with van der Waals surface area (Å²) in [5, 5.41) is 0.942. The normalized spacial score (nSPS) is 14.8. The third-order valence-corrected chi connectivity index (χ3v) is 4.80. The Morgan fingerprint density at radius 2 is 1.92 bits per heavy atom. The Hall–Kier alpha value is -2.89. The molecule has 0 atom stereocenters. The summed E-state index contributed by atoms with van der Waals surface area (Å²) in [5.41, 5.74) is 9.09. The predicted molar refractivity (Wildman–Crippen MR) is 97.8 cm³/mol. The molecular weight excluding hydrogens is 314 g/mol. The fourth-order valence-corrected chi connectivity index (χ4v) is 3.33. The second-order valence-corrected chi connectivity index (χ2v) is 6.57. The minimum atomic E-state index is 0.0758. The molecule has 0 unspecified atom stereocenters. The minimum absolute atomic E-state index is 0.0758. The fourth-order valence-electron chi connectivity index (χ4n) is 3.33. The third kappa shape index (κ3) is 2.84. The van der Waals surface area contributed by atoms with E-state index in [9.17, 15) is 4.79 Å². The quantitative estimate of drug-likeness (QED) is 0.781. The van der Waals surface area contributed by atoms with Crippen molar-refractivity contribution >= 4 is 22.8 Å². The van der Waals surface area contributed by atoms with Crippen molar-refractivity contribution in [2.75, 3.05) is 18.8 Å². The number of likely N-dealkylation sites (tertiary alicyclic amines) is 1. The lowest BCUT2D eigenvalue weighted by Crippen LogP contribution is -2.35. The van der Waals surface area contributed by atoms with Crippen LogP contribution in [-0.4, -0.2) is 38.4 Å². The van der Waals surface area contributed by atoms with Gasteiger partial charge in [0.2, 0.25) is 0 Å². The van der Waals surface area contributed by atoms with Crippen LogP contribution in [-0.2, 0) is 0 Å². The highest BCUT2D eigenvalue weighted by molar-refractivity contribution is 5.97. The number of nitrogen functional groups attached to an aromatic ring is 1. The van der Waals surface area contributed by atoms with Crippen LogP contribution in [0.2, 0.25) is 0 Å². The summed E-state index contributed by atoms with van der Waals surface area (Å²) in [5.74, 6) is 0.606. The lowest BCUT2D eigenvalue weighted by Gasteiger charge is -2.26. The zero-order valence-corrected chi connectivity index (χ0v) is 14.3. The first-order valence-electron chi connectivity index (χ1n) is 8.62. The zero-order chi connectivity index (χ0) is 17.4. The van der Waals surface area contributed by atoms with E-state index in [4.69, 9.17) is 5.73 Å². The molecule has 0 bridgehead atoms. The SMILES string of the molecule is Cc1cc(-n2ccc3cc(C(=O)N4CCCCC4)cnc32)cnc1N. The molecule has 0 saturated carbocycles. The molecule has 4 heterocycles. The van der Waals surface area contributed by atoms with E-state index in [1.165, 1.54) is 6.42 Å². The van der Waals surface area contributed by atoms with Gasteiger partial charge in [-0.15, -0.1) is 0 Å². The highest BCUT2D eigenvalue weighted by Crippen LogP contribution is 2.22. The first kappa shape index (κ1) is 15.6. The number of fused-ring (bicyclic) bond motifs is 1. The second-order valence-electron chi connectivity index (χ2n) is 6.57. The molecule has 1 aliphatic heterocycles. The van der Waals surface area contributed by atoms with Crippen LogP contribution in [0.25, 0.3) is 16.7 Å². The number of hydrogen-bond acceptors (Lipinski definition) is 4. The van der Waals surface area contributed by atoms with Gasteiger partial charge in [-0.25, -0.2) is 9.97 Å². The summed E-state index contributed by atoms with van der Waals surface area (Å²) in [6.07, 6.45) is 8.73. The number of aromatic nitrogens is 3. The Kier molecular flexibility index (Phi) is 3.87. The Bertz CT molecular complexity index is 940. The first-order valence-corrected chi connectivity index (χ1v) is 8.62. The largest absolute Gasteiger partial charge is 0.383 e. The highest BCUT2D eigenvalue weighted by Gasteiger charge is 2.19. The monoisotopic (exact) mass is 335 g/mol. The number of carbonyl (C=O) groups is 1. The van der Waals surface area contributed by atoms with E-state index >= 15 is 0 Å². The van der Waals surface area contributed by atoms with Crippen LogP contribution in [0.15, 0.2) is 36.8 Å². The van der Waals surface area contributed by atoms with Gasteiger partial charge in [-0.1, -0.05) is 0 Å². The summed E-state index contributed by atoms with van der Waals surface area (Å²) in [6, 6.07) is 5.88. The average Bonchev–Trinajstić information content (AvgIpc) is 3.07. The lowest BCUT2D eigenvalue weighted by molar-refractivity contribution is 0.0724. The van der Waals surface area contributed by atoms with Gasteiger partial charge in [-0.3, -0.25) is 9.36 Å². The van der Waals surface area contributed by atoms with E-state index in [0.29, 0.717) is 11.4 Å². The molecule has 3 aromatic heterocycles. The van der Waals surface area contributed by atoms with Crippen LogP contribution in [0.3, 0.4) is 0 Å². The topological polar surface area (TPSA) is 77.0 Å². The molecule has 0 spiro atoms. The van der Waals surface area contributed by atoms with Gasteiger partial charge in [-0.2, -0.15) is 0 Å². The number of pyridine rings is 2. The molecule has 25 heavy (non-hydrogen) atoms. The van der Waals surface area contributed by atoms with Crippen molar-refractivity contribution in [3.05, 3.63) is 47.9 Å². The van der Waals surface area contributed by atoms with Gasteiger partial charge in [0.15, 0.2) is 0 Å². The summed E-state index contributed by atoms with van der Waals surface area (Å²) in [6.45, 7) is 3.61. The van der Waals surface area contributed by atoms with Crippen LogP contribution >= 0.6 is 0 Å². The van der Waals surface area contributed by atoms with Crippen LogP contribution in [0.5, 0.6) is 0 Å². The van der Waals surface area contributed by atoms with Crippen molar-refractivity contribution < 1.29 is 4.79 Å². The summed E-state index contributed by atoms with van der Waals surface area (Å²) < 4.78 is 1.96. The molecule has 6 heteroatoms. The Labute approximate surface area is 146 Å². The van der Waals surface area contributed by atoms with Crippen LogP contribution < -0.4 is 5.73 Å². The maximum absolute atomic E-state index is 12.7. The molecule has 0 aliphatic carbocycles. The van der Waals surface area contributed by atoms with E-state index < -0.39 is 0 Å². The van der Waals surface area contributed by atoms with Crippen molar-refractivity contribution in [3.63, 3.8) is 0 Å². The van der Waals surface area contributed by atoms with E-state index in [1.54, 1.807) is 12.4 Å². The lowest BCUT2D eigenvalue weighted by atomic mass is 10.1. The minimum Gasteiger partial charge on any atom is -0.383 e. The first-order chi connectivity index (χ1) is 12.1. The summed E-state index contributed by atoms with van der Waals surface area (Å²) in [4.78, 5) is 23.3. The number of piperidine rings is 1. The van der Waals surface area contributed by atoms with Crippen molar-refractivity contribution in [2.24, 2.45) is 0 Å². The number of aryl methyl sites for hydroxylation is 1. The molecular formula is C19H21N5O. The molecule has 0 aromatic carbocycles. The zero-order valence-electron chi connectivity index (χ0n) is 14.3. The second kappa shape index (κ2) is 6.20. The van der Waals surface area contributed by atoms with E-state index in [1.807, 2.05) is 40.8 Å². The number of nitrogens with two attached hydrogens (primary N) is 1. The summed E-state index contributed by atoms with van der Waals surface area (Å²) in [7, 11) is 0. The van der Waals surface area contributed by atoms with Crippen LogP contribution in [0.4, 0.5) is 5.82 Å². The van der Waals surface area contributed by atoms with Crippen molar-refractivity contribution in [2.45, 2.75) is 26.2 Å². The number of carbonyl (C=O) groups excluding carboxylic acids is 1. The third-order valence-electron chi connectivity index (χ3n) is 4.80. The van der Waals surface area contributed by atoms with E-state index in [0.717, 1.165) is 48.2 Å². The maximum Gasteiger partial charge on any atom is 0.255 e. The number of rotatable bonds is 2. The van der Waals surface area contributed by atoms with Gasteiger partial charge < -0.3 is 10.6 Å². The number of nitrogens with zero attached hydrogens (tertiary/aromatic N) is 4. The Morgan fingerprint density at radius 1 is 1.12 bits per heavy atom. The van der Waals surface area contributed by atoms with Crippen molar-refractivity contribution in [1.29, 1.82) is 0 Å². The van der Waals surface area contributed by atoms with Gasteiger partial charge in [0, 0.05) is 30.9 Å². The molecule has 3 aromatic rings. The number of anilines is 1. The van der Waals surface area contributed by atoms with Gasteiger partial charge in [0.05, 0.1) is 17.4 Å². The molecule has 1 fully saturated rings. The van der Waals surface area contributed by atoms with E-state index in [2.05, 4.69) is 9.97 Å². The standard InChI is InChI=1S/C19H21N5O/c1-13-9-16(12-21-17(13)20)24-8-5-14-10-15(11-22-18(14)24)19(25)23-6-3-2-4-7-23/h5,8-12H,2-4,6-7H2,1H3,(H2,20,21). The van der Waals surface area contributed by atoms with Crippen LogP contribution in [0, 0.1) is 6.92 Å². The molecule has 0 radical (unpaired) electrons. The highest BCUT2D eigenvalue weighted by atomic mass is 16.2. The van der Waals surface area contributed by atoms with Crippen LogP contribution in [0.1, 0.15) is 35.2 Å². The Balaban J connectivity index is 1.69. The van der Waals surface area contributed by atoms with Gasteiger partial charge in [-0.05, 0) is 49.9 Å². The van der Waals surface area contributed by atoms with E-state index in [-0.39, 0.29) is 5.91 Å². The number of amides is 1. The van der Waals surface area contributed by atoms with Crippen molar-refractivity contribution in [3.8, 4) is 5.69 Å². The molecule has 2 N–H and O–H groups in total. The molecule has 1 saturated heterocycles. The van der Waals surface area contributed by atoms with Gasteiger partial charge in [0.1, 0.15) is 11.5 Å². The maximum atomic E-state index is 12.7. The molecule has 128 valence electrons. The number of hydrogen-bond donors (Lipinski definition) is 1. The molecule has 6 nitrogen and oxygen atoms in total. The van der Waals surface area contributed by atoms with Gasteiger partial charge >= 0.3 is 0 Å². The van der Waals surface area contributed by atoms with Crippen molar-refractivity contribution in [1.82, 2.24) is 19.4 Å². The molecule has 1 amide bonds. The molecule has 4 rings (SSSR count). The smallest absolute Gasteiger partial charge is 0.255 e. The fraction of sp³-hybridized carbons (Fsp3) is 0.316. The van der Waals surface area contributed by atoms with Gasteiger partial charge in [0.25, 0.3) is 5.91 Å². The molecule has 1 aliphatic rings. The predicted octanol–water partition coefficient (Wildman–Crippen LogP) is 2.94.